The molecule has 1 aromatic carbocycles. The lowest BCUT2D eigenvalue weighted by Crippen LogP contribution is -2.31. The van der Waals surface area contributed by atoms with E-state index >= 15 is 0 Å². The topological polar surface area (TPSA) is 67.9 Å². The van der Waals surface area contributed by atoms with Crippen molar-refractivity contribution in [2.75, 3.05) is 12.3 Å². The molecule has 0 atom stereocenters. The van der Waals surface area contributed by atoms with Crippen molar-refractivity contribution in [3.8, 4) is 11.4 Å². The Morgan fingerprint density at radius 1 is 1.12 bits per heavy atom. The van der Waals surface area contributed by atoms with Gasteiger partial charge >= 0.3 is 0 Å². The molecule has 126 valence electrons. The normalized spacial score (nSPS) is 14.3. The maximum absolute atomic E-state index is 6.24. The second kappa shape index (κ2) is 6.78. The van der Waals surface area contributed by atoms with Gasteiger partial charge in [-0.3, -0.25) is 9.88 Å². The van der Waals surface area contributed by atoms with Crippen molar-refractivity contribution in [1.82, 2.24) is 19.9 Å². The number of rotatable bonds is 3. The van der Waals surface area contributed by atoms with Gasteiger partial charge in [0.25, 0.3) is 0 Å². The second-order valence-electron chi connectivity index (χ2n) is 6.22. The Labute approximate surface area is 151 Å². The molecular formula is C19H18ClN5. The molecule has 0 amide bonds. The summed E-state index contributed by atoms with van der Waals surface area (Å²) in [6.07, 6.45) is 6.38. The van der Waals surface area contributed by atoms with Gasteiger partial charge in [-0.1, -0.05) is 11.6 Å². The van der Waals surface area contributed by atoms with Gasteiger partial charge < -0.3 is 5.73 Å². The van der Waals surface area contributed by atoms with Crippen LogP contribution in [0.3, 0.4) is 0 Å². The van der Waals surface area contributed by atoms with Crippen LogP contribution in [0.2, 0.25) is 5.02 Å². The molecule has 25 heavy (non-hydrogen) atoms. The number of nitrogens with two attached hydrogens (primary N) is 1. The van der Waals surface area contributed by atoms with E-state index in [1.165, 1.54) is 5.56 Å². The minimum atomic E-state index is 0.742. The molecule has 0 aliphatic carbocycles. The molecule has 0 fully saturated rings. The van der Waals surface area contributed by atoms with Gasteiger partial charge in [0, 0.05) is 72.0 Å². The fourth-order valence-electron chi connectivity index (χ4n) is 3.05. The number of nitrogen functional groups attached to an aromatic ring is 1. The van der Waals surface area contributed by atoms with Crippen LogP contribution in [0.15, 0.2) is 48.9 Å². The summed E-state index contributed by atoms with van der Waals surface area (Å²) in [6, 6.07) is 9.49. The molecule has 2 N–H and O–H groups in total. The maximum atomic E-state index is 6.24. The Morgan fingerprint density at radius 2 is 1.96 bits per heavy atom. The van der Waals surface area contributed by atoms with E-state index in [1.807, 2.05) is 42.7 Å². The van der Waals surface area contributed by atoms with Crippen molar-refractivity contribution < 1.29 is 0 Å². The van der Waals surface area contributed by atoms with E-state index in [2.05, 4.69) is 14.9 Å². The number of nitrogens with zero attached hydrogens (tertiary/aromatic N) is 4. The van der Waals surface area contributed by atoms with Gasteiger partial charge in [0.15, 0.2) is 5.82 Å². The summed E-state index contributed by atoms with van der Waals surface area (Å²) in [7, 11) is 0. The van der Waals surface area contributed by atoms with Gasteiger partial charge in [0.05, 0.1) is 5.69 Å². The SMILES string of the molecule is Nc1ccc(-c2ncc3c(n2)CCN(Cc2cnccc2Cl)C3)cc1. The summed E-state index contributed by atoms with van der Waals surface area (Å²) in [5, 5.41) is 0.760. The van der Waals surface area contributed by atoms with Crippen LogP contribution < -0.4 is 5.73 Å². The number of benzene rings is 1. The van der Waals surface area contributed by atoms with Crippen molar-refractivity contribution in [3.05, 3.63) is 70.8 Å². The van der Waals surface area contributed by atoms with Crippen LogP contribution >= 0.6 is 11.6 Å². The first-order valence-electron chi connectivity index (χ1n) is 8.20. The molecule has 0 saturated carbocycles. The highest BCUT2D eigenvalue weighted by Crippen LogP contribution is 2.24. The standard InChI is InChI=1S/C19H18ClN5/c20-17-5-7-22-9-14(17)11-25-8-6-18-15(12-25)10-23-19(24-18)13-1-3-16(21)4-2-13/h1-5,7,9-10H,6,8,11-12,21H2. The Kier molecular flexibility index (Phi) is 4.34. The molecule has 0 spiro atoms. The van der Waals surface area contributed by atoms with Gasteiger partial charge in [-0.25, -0.2) is 9.97 Å². The zero-order valence-electron chi connectivity index (χ0n) is 13.7. The molecular weight excluding hydrogens is 334 g/mol. The van der Waals surface area contributed by atoms with Gasteiger partial charge in [-0.05, 0) is 30.3 Å². The minimum Gasteiger partial charge on any atom is -0.399 e. The lowest BCUT2D eigenvalue weighted by atomic mass is 10.1. The van der Waals surface area contributed by atoms with Crippen molar-refractivity contribution in [2.24, 2.45) is 0 Å². The van der Waals surface area contributed by atoms with Crippen LogP contribution in [0.1, 0.15) is 16.8 Å². The Balaban J connectivity index is 1.52. The highest BCUT2D eigenvalue weighted by molar-refractivity contribution is 6.31. The van der Waals surface area contributed by atoms with Gasteiger partial charge in [-0.15, -0.1) is 0 Å². The molecule has 0 bridgehead atoms. The summed E-state index contributed by atoms with van der Waals surface area (Å²) < 4.78 is 0. The van der Waals surface area contributed by atoms with Crippen molar-refractivity contribution in [2.45, 2.75) is 19.5 Å². The lowest BCUT2D eigenvalue weighted by Gasteiger charge is -2.28. The molecule has 4 rings (SSSR count). The zero-order chi connectivity index (χ0) is 17.2. The lowest BCUT2D eigenvalue weighted by molar-refractivity contribution is 0.243. The van der Waals surface area contributed by atoms with E-state index in [0.29, 0.717) is 0 Å². The van der Waals surface area contributed by atoms with E-state index in [9.17, 15) is 0 Å². The molecule has 2 aromatic heterocycles. The molecule has 0 radical (unpaired) electrons. The zero-order valence-corrected chi connectivity index (χ0v) is 14.4. The van der Waals surface area contributed by atoms with E-state index in [4.69, 9.17) is 22.3 Å². The first-order chi connectivity index (χ1) is 12.2. The molecule has 1 aliphatic rings. The third-order valence-electron chi connectivity index (χ3n) is 4.42. The van der Waals surface area contributed by atoms with Crippen molar-refractivity contribution in [3.63, 3.8) is 0 Å². The summed E-state index contributed by atoms with van der Waals surface area (Å²) in [4.78, 5) is 15.8. The Morgan fingerprint density at radius 3 is 2.76 bits per heavy atom. The average Bonchev–Trinajstić information content (AvgIpc) is 2.64. The highest BCUT2D eigenvalue weighted by Gasteiger charge is 2.19. The van der Waals surface area contributed by atoms with Crippen LogP contribution in [-0.2, 0) is 19.5 Å². The highest BCUT2D eigenvalue weighted by atomic mass is 35.5. The van der Waals surface area contributed by atoms with Gasteiger partial charge in [-0.2, -0.15) is 0 Å². The quantitative estimate of drug-likeness (QED) is 0.733. The van der Waals surface area contributed by atoms with Crippen LogP contribution in [0.5, 0.6) is 0 Å². The summed E-state index contributed by atoms with van der Waals surface area (Å²) in [6.45, 7) is 2.55. The number of hydrogen-bond acceptors (Lipinski definition) is 5. The van der Waals surface area contributed by atoms with E-state index in [1.54, 1.807) is 6.20 Å². The van der Waals surface area contributed by atoms with Gasteiger partial charge in [0.2, 0.25) is 0 Å². The number of halogens is 1. The molecule has 1 aliphatic heterocycles. The summed E-state index contributed by atoms with van der Waals surface area (Å²) >= 11 is 6.24. The van der Waals surface area contributed by atoms with Crippen LogP contribution in [0.4, 0.5) is 5.69 Å². The third-order valence-corrected chi connectivity index (χ3v) is 4.79. The number of aromatic nitrogens is 3. The number of fused-ring (bicyclic) bond motifs is 1. The van der Waals surface area contributed by atoms with E-state index in [0.717, 1.165) is 59.4 Å². The smallest absolute Gasteiger partial charge is 0.159 e. The third kappa shape index (κ3) is 3.48. The van der Waals surface area contributed by atoms with E-state index < -0.39 is 0 Å². The monoisotopic (exact) mass is 351 g/mol. The van der Waals surface area contributed by atoms with Crippen LogP contribution in [-0.4, -0.2) is 26.4 Å². The Hall–Kier alpha value is -2.50. The van der Waals surface area contributed by atoms with Gasteiger partial charge in [0.1, 0.15) is 0 Å². The van der Waals surface area contributed by atoms with Crippen LogP contribution in [0, 0.1) is 0 Å². The number of anilines is 1. The molecule has 3 heterocycles. The molecule has 5 nitrogen and oxygen atoms in total. The molecule has 0 saturated heterocycles. The van der Waals surface area contributed by atoms with Crippen LogP contribution in [0.25, 0.3) is 11.4 Å². The second-order valence-corrected chi connectivity index (χ2v) is 6.62. The fraction of sp³-hybridized carbons (Fsp3) is 0.211. The first kappa shape index (κ1) is 16.0. The number of hydrogen-bond donors (Lipinski definition) is 1. The minimum absolute atomic E-state index is 0.742. The van der Waals surface area contributed by atoms with Crippen molar-refractivity contribution >= 4 is 17.3 Å². The predicted molar refractivity (Wildman–Crippen MR) is 98.9 cm³/mol. The fourth-order valence-corrected chi connectivity index (χ4v) is 3.21. The largest absolute Gasteiger partial charge is 0.399 e. The predicted octanol–water partition coefficient (Wildman–Crippen LogP) is 3.33. The summed E-state index contributed by atoms with van der Waals surface area (Å²) in [5.74, 6) is 0.752. The maximum Gasteiger partial charge on any atom is 0.159 e. The average molecular weight is 352 g/mol. The number of pyridine rings is 1. The Bertz CT molecular complexity index is 895. The molecule has 6 heteroatoms. The molecule has 0 unspecified atom stereocenters. The summed E-state index contributed by atoms with van der Waals surface area (Å²) in [5.41, 5.74) is 10.8. The molecule has 3 aromatic rings. The first-order valence-corrected chi connectivity index (χ1v) is 8.58. The van der Waals surface area contributed by atoms with Crippen molar-refractivity contribution in [1.29, 1.82) is 0 Å². The van der Waals surface area contributed by atoms with E-state index in [-0.39, 0.29) is 0 Å².